The monoisotopic (exact) mass is 182 g/mol. The smallest absolute Gasteiger partial charge is 0.0885 e. The zero-order valence-electron chi connectivity index (χ0n) is 9.00. The fourth-order valence-corrected chi connectivity index (χ4v) is 1.24. The van der Waals surface area contributed by atoms with Gasteiger partial charge in [-0.3, -0.25) is 4.99 Å². The van der Waals surface area contributed by atoms with Gasteiger partial charge in [0.1, 0.15) is 0 Å². The molecule has 13 heavy (non-hydrogen) atoms. The van der Waals surface area contributed by atoms with E-state index in [-0.39, 0.29) is 0 Å². The molecule has 0 saturated carbocycles. The van der Waals surface area contributed by atoms with Gasteiger partial charge in [0.15, 0.2) is 0 Å². The summed E-state index contributed by atoms with van der Waals surface area (Å²) in [6, 6.07) is 0. The maximum Gasteiger partial charge on any atom is 0.0885 e. The second-order valence-corrected chi connectivity index (χ2v) is 3.21. The summed E-state index contributed by atoms with van der Waals surface area (Å²) in [4.78, 5) is 5.99. The SMILES string of the molecule is C=CN(C=NC)CCCCCCC. The van der Waals surface area contributed by atoms with Gasteiger partial charge in [0.25, 0.3) is 0 Å². The van der Waals surface area contributed by atoms with Gasteiger partial charge in [0, 0.05) is 13.6 Å². The van der Waals surface area contributed by atoms with E-state index in [1.807, 2.05) is 17.4 Å². The summed E-state index contributed by atoms with van der Waals surface area (Å²) in [6.07, 6.45) is 10.2. The number of nitrogens with zero attached hydrogens (tertiary/aromatic N) is 2. The molecule has 0 radical (unpaired) electrons. The predicted molar refractivity (Wildman–Crippen MR) is 60.1 cm³/mol. The first-order chi connectivity index (χ1) is 6.35. The molecule has 0 aromatic heterocycles. The Morgan fingerprint density at radius 3 is 2.46 bits per heavy atom. The number of hydrogen-bond acceptors (Lipinski definition) is 1. The van der Waals surface area contributed by atoms with Crippen LogP contribution in [0.15, 0.2) is 17.8 Å². The number of rotatable bonds is 8. The van der Waals surface area contributed by atoms with Crippen LogP contribution in [0.3, 0.4) is 0 Å². The Balaban J connectivity index is 3.33. The van der Waals surface area contributed by atoms with Crippen molar-refractivity contribution in [2.24, 2.45) is 4.99 Å². The highest BCUT2D eigenvalue weighted by atomic mass is 15.1. The Labute approximate surface area is 82.4 Å². The minimum Gasteiger partial charge on any atom is -0.340 e. The molecule has 2 nitrogen and oxygen atoms in total. The second kappa shape index (κ2) is 9.30. The van der Waals surface area contributed by atoms with Crippen LogP contribution in [0.4, 0.5) is 0 Å². The summed E-state index contributed by atoms with van der Waals surface area (Å²) in [5.41, 5.74) is 0. The van der Waals surface area contributed by atoms with Crippen LogP contribution in [0.25, 0.3) is 0 Å². The highest BCUT2D eigenvalue weighted by Gasteiger charge is 1.93. The summed E-state index contributed by atoms with van der Waals surface area (Å²) in [7, 11) is 1.79. The van der Waals surface area contributed by atoms with E-state index in [0.29, 0.717) is 0 Å². The fourth-order valence-electron chi connectivity index (χ4n) is 1.24. The first-order valence-corrected chi connectivity index (χ1v) is 5.15. The lowest BCUT2D eigenvalue weighted by Gasteiger charge is -2.12. The van der Waals surface area contributed by atoms with E-state index < -0.39 is 0 Å². The number of aliphatic imine (C=N–C) groups is 1. The third-order valence-corrected chi connectivity index (χ3v) is 2.02. The lowest BCUT2D eigenvalue weighted by molar-refractivity contribution is 0.514. The predicted octanol–water partition coefficient (Wildman–Crippen LogP) is 3.06. The average Bonchev–Trinajstić information content (AvgIpc) is 2.16. The van der Waals surface area contributed by atoms with Gasteiger partial charge in [-0.15, -0.1) is 0 Å². The van der Waals surface area contributed by atoms with E-state index >= 15 is 0 Å². The molecule has 0 N–H and O–H groups in total. The molecule has 0 amide bonds. The molecule has 0 unspecified atom stereocenters. The second-order valence-electron chi connectivity index (χ2n) is 3.21. The van der Waals surface area contributed by atoms with Crippen LogP contribution >= 0.6 is 0 Å². The van der Waals surface area contributed by atoms with Crippen LogP contribution in [0, 0.1) is 0 Å². The van der Waals surface area contributed by atoms with Gasteiger partial charge in [-0.05, 0) is 12.6 Å². The average molecular weight is 182 g/mol. The summed E-state index contributed by atoms with van der Waals surface area (Å²) >= 11 is 0. The maximum absolute atomic E-state index is 3.95. The van der Waals surface area contributed by atoms with E-state index in [2.05, 4.69) is 18.5 Å². The van der Waals surface area contributed by atoms with Crippen molar-refractivity contribution in [2.45, 2.75) is 39.0 Å². The van der Waals surface area contributed by atoms with Crippen molar-refractivity contribution < 1.29 is 0 Å². The van der Waals surface area contributed by atoms with Gasteiger partial charge in [-0.1, -0.05) is 39.2 Å². The first kappa shape index (κ1) is 12.2. The van der Waals surface area contributed by atoms with Crippen molar-refractivity contribution in [2.75, 3.05) is 13.6 Å². The molecular weight excluding hydrogens is 160 g/mol. The molecule has 0 aliphatic heterocycles. The van der Waals surface area contributed by atoms with Crippen molar-refractivity contribution in [3.63, 3.8) is 0 Å². The van der Waals surface area contributed by atoms with Crippen molar-refractivity contribution in [3.8, 4) is 0 Å². The minimum atomic E-state index is 1.05. The van der Waals surface area contributed by atoms with Crippen molar-refractivity contribution >= 4 is 6.34 Å². The van der Waals surface area contributed by atoms with Crippen LogP contribution in [0.2, 0.25) is 0 Å². The van der Waals surface area contributed by atoms with Gasteiger partial charge in [0.05, 0.1) is 6.34 Å². The van der Waals surface area contributed by atoms with Crippen LogP contribution in [-0.4, -0.2) is 24.8 Å². The highest BCUT2D eigenvalue weighted by molar-refractivity contribution is 5.55. The quantitative estimate of drug-likeness (QED) is 0.320. The molecule has 0 aromatic rings. The summed E-state index contributed by atoms with van der Waals surface area (Å²) in [5, 5.41) is 0. The van der Waals surface area contributed by atoms with Crippen molar-refractivity contribution in [1.29, 1.82) is 0 Å². The van der Waals surface area contributed by atoms with Gasteiger partial charge >= 0.3 is 0 Å². The van der Waals surface area contributed by atoms with Gasteiger partial charge in [-0.2, -0.15) is 0 Å². The summed E-state index contributed by atoms with van der Waals surface area (Å²) < 4.78 is 0. The molecule has 0 saturated heterocycles. The Kier molecular flexibility index (Phi) is 8.73. The molecule has 0 fully saturated rings. The molecule has 0 atom stereocenters. The lowest BCUT2D eigenvalue weighted by Crippen LogP contribution is -2.15. The standard InChI is InChI=1S/C11H22N2/c1-4-6-7-8-9-10-13(5-2)11-12-3/h5,11H,2,4,6-10H2,1,3H3. The highest BCUT2D eigenvalue weighted by Crippen LogP contribution is 2.03. The zero-order valence-corrected chi connectivity index (χ0v) is 9.00. The van der Waals surface area contributed by atoms with E-state index in [1.165, 1.54) is 32.1 Å². The molecule has 2 heteroatoms. The molecule has 76 valence electrons. The summed E-state index contributed by atoms with van der Waals surface area (Å²) in [5.74, 6) is 0. The largest absolute Gasteiger partial charge is 0.340 e. The third kappa shape index (κ3) is 7.57. The molecule has 0 rings (SSSR count). The topological polar surface area (TPSA) is 15.6 Å². The van der Waals surface area contributed by atoms with E-state index in [4.69, 9.17) is 0 Å². The Morgan fingerprint density at radius 2 is 1.92 bits per heavy atom. The van der Waals surface area contributed by atoms with Crippen LogP contribution < -0.4 is 0 Å². The number of unbranched alkanes of at least 4 members (excludes halogenated alkanes) is 4. The fraction of sp³-hybridized carbons (Fsp3) is 0.727. The van der Waals surface area contributed by atoms with Gasteiger partial charge in [-0.25, -0.2) is 0 Å². The molecular formula is C11H22N2. The molecule has 0 aliphatic rings. The number of hydrogen-bond donors (Lipinski definition) is 0. The van der Waals surface area contributed by atoms with Crippen LogP contribution in [-0.2, 0) is 0 Å². The van der Waals surface area contributed by atoms with E-state index in [1.54, 1.807) is 7.05 Å². The first-order valence-electron chi connectivity index (χ1n) is 5.15. The molecule has 0 aromatic carbocycles. The van der Waals surface area contributed by atoms with Gasteiger partial charge in [0.2, 0.25) is 0 Å². The van der Waals surface area contributed by atoms with Crippen LogP contribution in [0.5, 0.6) is 0 Å². The summed E-state index contributed by atoms with van der Waals surface area (Å²) in [6.45, 7) is 7.01. The van der Waals surface area contributed by atoms with E-state index in [0.717, 1.165) is 6.54 Å². The lowest BCUT2D eigenvalue weighted by atomic mass is 10.1. The molecule has 0 spiro atoms. The minimum absolute atomic E-state index is 1.05. The van der Waals surface area contributed by atoms with Crippen molar-refractivity contribution in [1.82, 2.24) is 4.90 Å². The normalized spacial score (nSPS) is 10.6. The maximum atomic E-state index is 3.95. The Hall–Kier alpha value is -0.790. The van der Waals surface area contributed by atoms with Crippen LogP contribution in [0.1, 0.15) is 39.0 Å². The third-order valence-electron chi connectivity index (χ3n) is 2.02. The molecule has 0 aliphatic carbocycles. The zero-order chi connectivity index (χ0) is 9.94. The molecule has 0 bridgehead atoms. The van der Waals surface area contributed by atoms with Gasteiger partial charge < -0.3 is 4.90 Å². The van der Waals surface area contributed by atoms with E-state index in [9.17, 15) is 0 Å². The Bertz CT molecular complexity index is 141. The Morgan fingerprint density at radius 1 is 1.23 bits per heavy atom. The molecule has 0 heterocycles. The van der Waals surface area contributed by atoms with Crippen molar-refractivity contribution in [3.05, 3.63) is 12.8 Å².